The Bertz CT molecular complexity index is 812. The van der Waals surface area contributed by atoms with E-state index >= 15 is 0 Å². The smallest absolute Gasteiger partial charge is 0.351 e. The van der Waals surface area contributed by atoms with Crippen molar-refractivity contribution >= 4 is 38.3 Å². The van der Waals surface area contributed by atoms with Crippen LogP contribution in [0, 0.1) is 5.82 Å². The quantitative estimate of drug-likeness (QED) is 0.694. The standard InChI is InChI=1S/C13H8FNO3S/c1-18-13(17)12-10(16)8-5-15-9-4-6(14)2-3-7(9)11(8)19-12/h2-5,16H,1H3. The van der Waals surface area contributed by atoms with Gasteiger partial charge in [-0.2, -0.15) is 0 Å². The van der Waals surface area contributed by atoms with Crippen LogP contribution in [-0.2, 0) is 4.74 Å². The fourth-order valence-electron chi connectivity index (χ4n) is 1.92. The second-order valence-electron chi connectivity index (χ2n) is 3.93. The van der Waals surface area contributed by atoms with Crippen molar-refractivity contribution in [3.8, 4) is 5.75 Å². The highest BCUT2D eigenvalue weighted by atomic mass is 32.1. The van der Waals surface area contributed by atoms with Crippen LogP contribution in [0.5, 0.6) is 5.75 Å². The number of methoxy groups -OCH3 is 1. The highest BCUT2D eigenvalue weighted by Gasteiger charge is 2.20. The van der Waals surface area contributed by atoms with Gasteiger partial charge in [0.2, 0.25) is 0 Å². The molecule has 0 atom stereocenters. The van der Waals surface area contributed by atoms with Gasteiger partial charge < -0.3 is 9.84 Å². The largest absolute Gasteiger partial charge is 0.505 e. The number of halogens is 1. The lowest BCUT2D eigenvalue weighted by molar-refractivity contribution is 0.0603. The minimum atomic E-state index is -0.603. The number of nitrogens with zero attached hydrogens (tertiary/aromatic N) is 1. The molecule has 0 radical (unpaired) electrons. The maximum atomic E-state index is 13.1. The topological polar surface area (TPSA) is 59.4 Å². The molecule has 2 heterocycles. The number of hydrogen-bond acceptors (Lipinski definition) is 5. The predicted octanol–water partition coefficient (Wildman–Crippen LogP) is 3.08. The lowest BCUT2D eigenvalue weighted by Crippen LogP contribution is -1.97. The summed E-state index contributed by atoms with van der Waals surface area (Å²) in [4.78, 5) is 15.7. The van der Waals surface area contributed by atoms with E-state index in [9.17, 15) is 14.3 Å². The van der Waals surface area contributed by atoms with Crippen LogP contribution >= 0.6 is 11.3 Å². The third kappa shape index (κ3) is 1.72. The van der Waals surface area contributed by atoms with Gasteiger partial charge in [0, 0.05) is 22.3 Å². The SMILES string of the molecule is COC(=O)c1sc2c(cnc3cc(F)ccc32)c1O. The fourth-order valence-corrected chi connectivity index (χ4v) is 3.04. The summed E-state index contributed by atoms with van der Waals surface area (Å²) in [7, 11) is 1.25. The number of rotatable bonds is 1. The molecule has 0 spiro atoms. The zero-order valence-electron chi connectivity index (χ0n) is 9.81. The number of esters is 1. The van der Waals surface area contributed by atoms with Gasteiger partial charge in [0.1, 0.15) is 11.6 Å². The Labute approximate surface area is 111 Å². The average molecular weight is 277 g/mol. The van der Waals surface area contributed by atoms with Crippen LogP contribution < -0.4 is 0 Å². The molecule has 1 N–H and O–H groups in total. The summed E-state index contributed by atoms with van der Waals surface area (Å²) in [5.74, 6) is -1.13. The summed E-state index contributed by atoms with van der Waals surface area (Å²) >= 11 is 1.10. The number of carbonyl (C=O) groups excluding carboxylic acids is 1. The van der Waals surface area contributed by atoms with Crippen molar-refractivity contribution < 1.29 is 19.0 Å². The Hall–Kier alpha value is -2.21. The van der Waals surface area contributed by atoms with Gasteiger partial charge in [0.05, 0.1) is 18.0 Å². The van der Waals surface area contributed by atoms with Crippen molar-refractivity contribution in [3.63, 3.8) is 0 Å². The van der Waals surface area contributed by atoms with Crippen molar-refractivity contribution in [2.75, 3.05) is 7.11 Å². The van der Waals surface area contributed by atoms with Crippen LogP contribution in [0.4, 0.5) is 4.39 Å². The van der Waals surface area contributed by atoms with E-state index in [0.717, 1.165) is 11.3 Å². The molecule has 0 fully saturated rings. The molecular formula is C13H8FNO3S. The monoisotopic (exact) mass is 277 g/mol. The Morgan fingerprint density at radius 2 is 2.21 bits per heavy atom. The number of thiophene rings is 1. The number of benzene rings is 1. The number of ether oxygens (including phenoxy) is 1. The van der Waals surface area contributed by atoms with Crippen molar-refractivity contribution in [1.29, 1.82) is 0 Å². The van der Waals surface area contributed by atoms with Crippen LogP contribution in [0.25, 0.3) is 21.0 Å². The molecule has 19 heavy (non-hydrogen) atoms. The lowest BCUT2D eigenvalue weighted by atomic mass is 10.2. The van der Waals surface area contributed by atoms with Crippen LogP contribution in [0.2, 0.25) is 0 Å². The van der Waals surface area contributed by atoms with Gasteiger partial charge in [0.15, 0.2) is 4.88 Å². The number of pyridine rings is 1. The van der Waals surface area contributed by atoms with Crippen LogP contribution in [0.15, 0.2) is 24.4 Å². The van der Waals surface area contributed by atoms with E-state index in [1.807, 2.05) is 0 Å². The van der Waals surface area contributed by atoms with E-state index in [1.165, 1.54) is 25.4 Å². The van der Waals surface area contributed by atoms with Gasteiger partial charge in [-0.15, -0.1) is 11.3 Å². The zero-order chi connectivity index (χ0) is 13.6. The van der Waals surface area contributed by atoms with Crippen LogP contribution in [0.3, 0.4) is 0 Å². The average Bonchev–Trinajstić information content (AvgIpc) is 2.75. The highest BCUT2D eigenvalue weighted by Crippen LogP contribution is 2.40. The number of carbonyl (C=O) groups is 1. The summed E-state index contributed by atoms with van der Waals surface area (Å²) in [5, 5.41) is 11.2. The first-order chi connectivity index (χ1) is 9.11. The number of fused-ring (bicyclic) bond motifs is 3. The van der Waals surface area contributed by atoms with Crippen LogP contribution in [0.1, 0.15) is 9.67 Å². The Morgan fingerprint density at radius 1 is 1.42 bits per heavy atom. The molecule has 0 aliphatic carbocycles. The van der Waals surface area contributed by atoms with Crippen LogP contribution in [-0.4, -0.2) is 23.2 Å². The zero-order valence-corrected chi connectivity index (χ0v) is 10.6. The minimum Gasteiger partial charge on any atom is -0.505 e. The third-order valence-electron chi connectivity index (χ3n) is 2.83. The van der Waals surface area contributed by atoms with E-state index in [1.54, 1.807) is 6.07 Å². The van der Waals surface area contributed by atoms with Gasteiger partial charge >= 0.3 is 5.97 Å². The first-order valence-electron chi connectivity index (χ1n) is 5.40. The molecule has 0 bridgehead atoms. The van der Waals surface area contributed by atoms with Gasteiger partial charge in [-0.25, -0.2) is 9.18 Å². The molecule has 0 saturated heterocycles. The van der Waals surface area contributed by atoms with Crippen molar-refractivity contribution in [2.45, 2.75) is 0 Å². The third-order valence-corrected chi connectivity index (χ3v) is 4.03. The van der Waals surface area contributed by atoms with E-state index < -0.39 is 5.97 Å². The summed E-state index contributed by atoms with van der Waals surface area (Å²) in [6, 6.07) is 4.21. The van der Waals surface area contributed by atoms with Gasteiger partial charge in [-0.3, -0.25) is 4.98 Å². The highest BCUT2D eigenvalue weighted by molar-refractivity contribution is 7.22. The van der Waals surface area contributed by atoms with Crippen molar-refractivity contribution in [1.82, 2.24) is 4.98 Å². The summed E-state index contributed by atoms with van der Waals surface area (Å²) < 4.78 is 18.4. The van der Waals surface area contributed by atoms with E-state index in [-0.39, 0.29) is 16.4 Å². The van der Waals surface area contributed by atoms with E-state index in [0.29, 0.717) is 21.0 Å². The fraction of sp³-hybridized carbons (Fsp3) is 0.0769. The summed E-state index contributed by atoms with van der Waals surface area (Å²) in [6.45, 7) is 0. The molecule has 0 aliphatic heterocycles. The van der Waals surface area contributed by atoms with Crippen molar-refractivity contribution in [2.24, 2.45) is 0 Å². The summed E-state index contributed by atoms with van der Waals surface area (Å²) in [5.41, 5.74) is 0.477. The second kappa shape index (κ2) is 4.17. The number of hydrogen-bond donors (Lipinski definition) is 1. The summed E-state index contributed by atoms with van der Waals surface area (Å²) in [6.07, 6.45) is 1.43. The first-order valence-corrected chi connectivity index (χ1v) is 6.21. The molecule has 0 amide bonds. The molecule has 4 nitrogen and oxygen atoms in total. The van der Waals surface area contributed by atoms with Gasteiger partial charge in [0.25, 0.3) is 0 Å². The molecule has 0 aliphatic rings. The van der Waals surface area contributed by atoms with Gasteiger partial charge in [-0.1, -0.05) is 0 Å². The Kier molecular flexibility index (Phi) is 2.60. The van der Waals surface area contributed by atoms with E-state index in [2.05, 4.69) is 9.72 Å². The molecule has 1 aromatic carbocycles. The minimum absolute atomic E-state index is 0.121. The molecule has 3 rings (SSSR count). The second-order valence-corrected chi connectivity index (χ2v) is 4.95. The lowest BCUT2D eigenvalue weighted by Gasteiger charge is -1.98. The molecular weight excluding hydrogens is 269 g/mol. The number of aromatic hydroxyl groups is 1. The Balaban J connectivity index is 2.40. The Morgan fingerprint density at radius 3 is 2.95 bits per heavy atom. The van der Waals surface area contributed by atoms with Gasteiger partial charge in [-0.05, 0) is 12.1 Å². The number of aromatic nitrogens is 1. The maximum absolute atomic E-state index is 13.1. The molecule has 6 heteroatoms. The van der Waals surface area contributed by atoms with E-state index in [4.69, 9.17) is 0 Å². The van der Waals surface area contributed by atoms with Crippen molar-refractivity contribution in [3.05, 3.63) is 35.1 Å². The molecule has 96 valence electrons. The molecule has 2 aromatic heterocycles. The molecule has 0 saturated carbocycles. The molecule has 0 unspecified atom stereocenters. The first kappa shape index (κ1) is 11.9. The maximum Gasteiger partial charge on any atom is 0.351 e. The molecule has 3 aromatic rings. The normalized spacial score (nSPS) is 11.1. The predicted molar refractivity (Wildman–Crippen MR) is 70.1 cm³/mol.